The molecule has 0 bridgehead atoms. The number of amides is 1. The van der Waals surface area contributed by atoms with Crippen LogP contribution in [0.5, 0.6) is 0 Å². The Morgan fingerprint density at radius 1 is 1.14 bits per heavy atom. The second-order valence-electron chi connectivity index (χ2n) is 4.58. The summed E-state index contributed by atoms with van der Waals surface area (Å²) in [6.45, 7) is 1.88. The minimum atomic E-state index is -0.249. The Bertz CT molecular complexity index is 687. The second-order valence-corrected chi connectivity index (χ2v) is 5.42. The van der Waals surface area contributed by atoms with E-state index in [0.717, 1.165) is 5.69 Å². The van der Waals surface area contributed by atoms with E-state index >= 15 is 0 Å². The molecule has 0 radical (unpaired) electrons. The minimum Gasteiger partial charge on any atom is -0.376 e. The van der Waals surface area contributed by atoms with Crippen molar-refractivity contribution in [2.45, 2.75) is 6.92 Å². The molecule has 2 aromatic carbocycles. The Morgan fingerprint density at radius 3 is 2.59 bits per heavy atom. The molecule has 0 aromatic heterocycles. The summed E-state index contributed by atoms with van der Waals surface area (Å²) >= 11 is 12.0. The molecule has 0 aliphatic rings. The predicted octanol–water partition coefficient (Wildman–Crippen LogP) is 3.95. The molecule has 0 saturated carbocycles. The summed E-state index contributed by atoms with van der Waals surface area (Å²) < 4.78 is 0. The minimum absolute atomic E-state index is 0.129. The first kappa shape index (κ1) is 16.3. The quantitative estimate of drug-likeness (QED) is 0.642. The van der Waals surface area contributed by atoms with Crippen molar-refractivity contribution >= 4 is 40.5 Å². The number of rotatable bonds is 5. The van der Waals surface area contributed by atoms with Crippen LogP contribution in [0.3, 0.4) is 0 Å². The van der Waals surface area contributed by atoms with Gasteiger partial charge in [0.15, 0.2) is 0 Å². The van der Waals surface area contributed by atoms with Gasteiger partial charge in [0, 0.05) is 21.3 Å². The fourth-order valence-electron chi connectivity index (χ4n) is 1.76. The molecule has 2 rings (SSSR count). The first-order valence-electron chi connectivity index (χ1n) is 6.64. The van der Waals surface area contributed by atoms with Crippen LogP contribution in [-0.2, 0) is 4.79 Å². The van der Waals surface area contributed by atoms with Crippen LogP contribution in [0.25, 0.3) is 0 Å². The van der Waals surface area contributed by atoms with Gasteiger partial charge in [-0.2, -0.15) is 5.10 Å². The Morgan fingerprint density at radius 2 is 1.86 bits per heavy atom. The average Bonchev–Trinajstić information content (AvgIpc) is 2.54. The first-order chi connectivity index (χ1) is 10.6. The smallest absolute Gasteiger partial charge is 0.259 e. The number of para-hydroxylation sites is 1. The van der Waals surface area contributed by atoms with Crippen LogP contribution in [0, 0.1) is 0 Å². The molecule has 114 valence electrons. The SMILES string of the molecule is C/C(=N/NC(=O)CNc1ccccc1)c1cc(Cl)ccc1Cl. The van der Waals surface area contributed by atoms with Crippen LogP contribution in [0.1, 0.15) is 12.5 Å². The molecule has 0 unspecified atom stereocenters. The summed E-state index contributed by atoms with van der Waals surface area (Å²) in [5, 5.41) is 8.13. The topological polar surface area (TPSA) is 53.5 Å². The number of halogens is 2. The number of anilines is 1. The molecular weight excluding hydrogens is 321 g/mol. The van der Waals surface area contributed by atoms with E-state index in [1.165, 1.54) is 0 Å². The maximum atomic E-state index is 11.8. The van der Waals surface area contributed by atoms with Gasteiger partial charge >= 0.3 is 0 Å². The fraction of sp³-hybridized carbons (Fsp3) is 0.125. The zero-order chi connectivity index (χ0) is 15.9. The molecule has 22 heavy (non-hydrogen) atoms. The highest BCUT2D eigenvalue weighted by molar-refractivity contribution is 6.36. The number of carbonyl (C=O) groups excluding carboxylic acids is 1. The van der Waals surface area contributed by atoms with Gasteiger partial charge in [-0.05, 0) is 37.3 Å². The third kappa shape index (κ3) is 4.76. The van der Waals surface area contributed by atoms with Crippen LogP contribution in [0.4, 0.5) is 5.69 Å². The Labute approximate surface area is 139 Å². The monoisotopic (exact) mass is 335 g/mol. The number of hydrazone groups is 1. The van der Waals surface area contributed by atoms with E-state index < -0.39 is 0 Å². The van der Waals surface area contributed by atoms with Crippen LogP contribution < -0.4 is 10.7 Å². The third-order valence-electron chi connectivity index (χ3n) is 2.89. The second kappa shape index (κ2) is 7.82. The largest absolute Gasteiger partial charge is 0.376 e. The van der Waals surface area contributed by atoms with Crippen LogP contribution in [0.15, 0.2) is 53.6 Å². The lowest BCUT2D eigenvalue weighted by Gasteiger charge is -2.07. The van der Waals surface area contributed by atoms with Crippen molar-refractivity contribution in [2.24, 2.45) is 5.10 Å². The van der Waals surface area contributed by atoms with Crippen molar-refractivity contribution in [2.75, 3.05) is 11.9 Å². The molecule has 1 amide bonds. The first-order valence-corrected chi connectivity index (χ1v) is 7.39. The van der Waals surface area contributed by atoms with Gasteiger partial charge in [0.2, 0.25) is 0 Å². The van der Waals surface area contributed by atoms with Crippen LogP contribution in [0.2, 0.25) is 10.0 Å². The molecule has 0 fully saturated rings. The fourth-order valence-corrected chi connectivity index (χ4v) is 2.19. The number of hydrogen-bond donors (Lipinski definition) is 2. The lowest BCUT2D eigenvalue weighted by molar-refractivity contribution is -0.119. The van der Waals surface area contributed by atoms with Gasteiger partial charge in [-0.3, -0.25) is 4.79 Å². The zero-order valence-electron chi connectivity index (χ0n) is 11.9. The van der Waals surface area contributed by atoms with Gasteiger partial charge < -0.3 is 5.32 Å². The number of nitrogens with one attached hydrogen (secondary N) is 2. The maximum Gasteiger partial charge on any atom is 0.259 e. The summed E-state index contributed by atoms with van der Waals surface area (Å²) in [4.78, 5) is 11.8. The van der Waals surface area contributed by atoms with E-state index in [0.29, 0.717) is 21.3 Å². The molecular formula is C16H15Cl2N3O. The molecule has 0 aliphatic carbocycles. The number of nitrogens with zero attached hydrogens (tertiary/aromatic N) is 1. The van der Waals surface area contributed by atoms with Gasteiger partial charge in [0.1, 0.15) is 0 Å². The number of hydrogen-bond acceptors (Lipinski definition) is 3. The Kier molecular flexibility index (Phi) is 5.81. The lowest BCUT2D eigenvalue weighted by Crippen LogP contribution is -2.26. The van der Waals surface area contributed by atoms with Crippen molar-refractivity contribution in [3.63, 3.8) is 0 Å². The number of benzene rings is 2. The molecule has 0 heterocycles. The average molecular weight is 336 g/mol. The van der Waals surface area contributed by atoms with Gasteiger partial charge in [-0.1, -0.05) is 41.4 Å². The summed E-state index contributed by atoms with van der Waals surface area (Å²) in [5.74, 6) is -0.249. The van der Waals surface area contributed by atoms with Crippen molar-refractivity contribution in [1.29, 1.82) is 0 Å². The summed E-state index contributed by atoms with van der Waals surface area (Å²) in [6, 6.07) is 14.6. The molecule has 4 nitrogen and oxygen atoms in total. The van der Waals surface area contributed by atoms with Gasteiger partial charge in [0.05, 0.1) is 12.3 Å². The molecule has 2 N–H and O–H groups in total. The van der Waals surface area contributed by atoms with E-state index in [1.54, 1.807) is 25.1 Å². The highest BCUT2D eigenvalue weighted by Crippen LogP contribution is 2.21. The van der Waals surface area contributed by atoms with Crippen molar-refractivity contribution < 1.29 is 4.79 Å². The molecule has 6 heteroatoms. The summed E-state index contributed by atoms with van der Waals surface area (Å²) in [6.07, 6.45) is 0. The van der Waals surface area contributed by atoms with Gasteiger partial charge in [0.25, 0.3) is 5.91 Å². The van der Waals surface area contributed by atoms with E-state index in [-0.39, 0.29) is 12.5 Å². The predicted molar refractivity (Wildman–Crippen MR) is 91.7 cm³/mol. The van der Waals surface area contributed by atoms with E-state index in [2.05, 4.69) is 15.8 Å². The number of carbonyl (C=O) groups is 1. The van der Waals surface area contributed by atoms with Gasteiger partial charge in [-0.15, -0.1) is 0 Å². The third-order valence-corrected chi connectivity index (χ3v) is 3.46. The highest BCUT2D eigenvalue weighted by atomic mass is 35.5. The van der Waals surface area contributed by atoms with Crippen molar-refractivity contribution in [3.8, 4) is 0 Å². The standard InChI is InChI=1S/C16H15Cl2N3O/c1-11(14-9-12(17)7-8-15(14)18)20-21-16(22)10-19-13-5-3-2-4-6-13/h2-9,19H,10H2,1H3,(H,21,22)/b20-11-. The van der Waals surface area contributed by atoms with E-state index in [4.69, 9.17) is 23.2 Å². The van der Waals surface area contributed by atoms with Crippen molar-refractivity contribution in [1.82, 2.24) is 5.43 Å². The molecule has 0 aliphatic heterocycles. The van der Waals surface area contributed by atoms with Crippen LogP contribution in [-0.4, -0.2) is 18.2 Å². The summed E-state index contributed by atoms with van der Waals surface area (Å²) in [7, 11) is 0. The molecule has 0 saturated heterocycles. The van der Waals surface area contributed by atoms with Crippen molar-refractivity contribution in [3.05, 3.63) is 64.1 Å². The lowest BCUT2D eigenvalue weighted by atomic mass is 10.1. The molecule has 0 atom stereocenters. The normalized spacial score (nSPS) is 11.1. The van der Waals surface area contributed by atoms with E-state index in [9.17, 15) is 4.79 Å². The van der Waals surface area contributed by atoms with E-state index in [1.807, 2.05) is 30.3 Å². The Hall–Kier alpha value is -2.04. The van der Waals surface area contributed by atoms with Crippen LogP contribution >= 0.6 is 23.2 Å². The van der Waals surface area contributed by atoms with Gasteiger partial charge in [-0.25, -0.2) is 5.43 Å². The molecule has 2 aromatic rings. The Balaban J connectivity index is 1.93. The highest BCUT2D eigenvalue weighted by Gasteiger charge is 2.06. The zero-order valence-corrected chi connectivity index (χ0v) is 13.4. The summed E-state index contributed by atoms with van der Waals surface area (Å²) in [5.41, 5.74) is 4.62. The molecule has 0 spiro atoms. The maximum absolute atomic E-state index is 11.8.